The van der Waals surface area contributed by atoms with Crippen LogP contribution in [0, 0.1) is 0 Å². The Balaban J connectivity index is 1.81. The van der Waals surface area contributed by atoms with Crippen molar-refractivity contribution in [1.82, 2.24) is 5.32 Å². The molecule has 1 atom stereocenters. The molecule has 0 spiro atoms. The summed E-state index contributed by atoms with van der Waals surface area (Å²) in [4.78, 5) is 38.3. The van der Waals surface area contributed by atoms with Gasteiger partial charge in [-0.15, -0.1) is 0 Å². The zero-order valence-electron chi connectivity index (χ0n) is 20.3. The second kappa shape index (κ2) is 10.9. The number of benzene rings is 3. The molecule has 0 radical (unpaired) electrons. The first-order valence-electron chi connectivity index (χ1n) is 11.2. The number of carbonyl (C=O) groups excluding carboxylic acids is 2. The molecule has 0 aliphatic carbocycles. The predicted octanol–water partition coefficient (Wildman–Crippen LogP) is 5.13. The van der Waals surface area contributed by atoms with Gasteiger partial charge in [-0.3, -0.25) is 4.90 Å². The lowest BCUT2D eigenvalue weighted by atomic mass is 9.99. The maximum Gasteiger partial charge on any atom is 0.414 e. The van der Waals surface area contributed by atoms with Crippen molar-refractivity contribution in [3.05, 3.63) is 77.9 Å². The average Bonchev–Trinajstić information content (AvgIpc) is 2.81. The van der Waals surface area contributed by atoms with Gasteiger partial charge in [-0.25, -0.2) is 14.4 Å². The number of anilines is 1. The molecular formula is C27H30N2O6. The van der Waals surface area contributed by atoms with E-state index in [4.69, 9.17) is 9.47 Å². The zero-order valence-corrected chi connectivity index (χ0v) is 20.3. The molecule has 0 saturated carbocycles. The Bertz CT molecular complexity index is 1200. The number of aliphatic carboxylic acids is 1. The summed E-state index contributed by atoms with van der Waals surface area (Å²) in [7, 11) is 1.60. The monoisotopic (exact) mass is 478 g/mol. The van der Waals surface area contributed by atoms with E-state index in [1.807, 2.05) is 48.5 Å². The Morgan fingerprint density at radius 1 is 0.971 bits per heavy atom. The SMILES string of the molecule is CN(C(=O)OC(C)(C)C)c1cc(C[C@H](NC(=O)OCc2ccccc2)C(=O)O)cc2ccccc12. The molecule has 0 aliphatic heterocycles. The number of hydrogen-bond donors (Lipinski definition) is 2. The fourth-order valence-corrected chi connectivity index (χ4v) is 3.52. The first-order chi connectivity index (χ1) is 16.5. The van der Waals surface area contributed by atoms with E-state index in [0.29, 0.717) is 11.3 Å². The van der Waals surface area contributed by atoms with Crippen LogP contribution >= 0.6 is 0 Å². The average molecular weight is 479 g/mol. The van der Waals surface area contributed by atoms with E-state index in [1.165, 1.54) is 4.90 Å². The minimum Gasteiger partial charge on any atom is -0.480 e. The van der Waals surface area contributed by atoms with Gasteiger partial charge in [0.2, 0.25) is 0 Å². The molecule has 0 bridgehead atoms. The van der Waals surface area contributed by atoms with Gasteiger partial charge in [0.25, 0.3) is 0 Å². The van der Waals surface area contributed by atoms with Gasteiger partial charge < -0.3 is 19.9 Å². The topological polar surface area (TPSA) is 105 Å². The lowest BCUT2D eigenvalue weighted by molar-refractivity contribution is -0.139. The molecule has 0 heterocycles. The van der Waals surface area contributed by atoms with E-state index < -0.39 is 29.8 Å². The number of rotatable bonds is 7. The number of hydrogen-bond acceptors (Lipinski definition) is 5. The van der Waals surface area contributed by atoms with Crippen molar-refractivity contribution in [2.75, 3.05) is 11.9 Å². The van der Waals surface area contributed by atoms with Crippen LogP contribution in [0.15, 0.2) is 66.7 Å². The second-order valence-corrected chi connectivity index (χ2v) is 9.18. The summed E-state index contributed by atoms with van der Waals surface area (Å²) in [5.74, 6) is -1.20. The zero-order chi connectivity index (χ0) is 25.6. The lowest BCUT2D eigenvalue weighted by Gasteiger charge is -2.26. The molecule has 8 nitrogen and oxygen atoms in total. The number of carbonyl (C=O) groups is 3. The Morgan fingerprint density at radius 3 is 2.29 bits per heavy atom. The quantitative estimate of drug-likeness (QED) is 0.488. The van der Waals surface area contributed by atoms with Crippen molar-refractivity contribution in [3.63, 3.8) is 0 Å². The number of amides is 2. The fraction of sp³-hybridized carbons (Fsp3) is 0.296. The van der Waals surface area contributed by atoms with E-state index in [9.17, 15) is 19.5 Å². The van der Waals surface area contributed by atoms with Crippen molar-refractivity contribution in [3.8, 4) is 0 Å². The van der Waals surface area contributed by atoms with Gasteiger partial charge in [0.05, 0.1) is 5.69 Å². The summed E-state index contributed by atoms with van der Waals surface area (Å²) in [5, 5.41) is 13.8. The number of nitrogens with zero attached hydrogens (tertiary/aromatic N) is 1. The maximum absolute atomic E-state index is 12.7. The minimum atomic E-state index is -1.22. The largest absolute Gasteiger partial charge is 0.480 e. The van der Waals surface area contributed by atoms with Crippen LogP contribution in [0.3, 0.4) is 0 Å². The molecule has 3 aromatic rings. The van der Waals surface area contributed by atoms with Crippen LogP contribution in [0.2, 0.25) is 0 Å². The van der Waals surface area contributed by atoms with E-state index in [1.54, 1.807) is 46.0 Å². The van der Waals surface area contributed by atoms with Crippen molar-refractivity contribution < 1.29 is 29.0 Å². The van der Waals surface area contributed by atoms with Crippen molar-refractivity contribution in [2.24, 2.45) is 0 Å². The Labute approximate surface area is 204 Å². The van der Waals surface area contributed by atoms with Crippen LogP contribution in [0.5, 0.6) is 0 Å². The van der Waals surface area contributed by atoms with Crippen LogP contribution < -0.4 is 10.2 Å². The van der Waals surface area contributed by atoms with Gasteiger partial charge in [-0.1, -0.05) is 60.7 Å². The molecule has 0 aliphatic rings. The van der Waals surface area contributed by atoms with Crippen molar-refractivity contribution >= 4 is 34.6 Å². The molecule has 0 aromatic heterocycles. The first kappa shape index (κ1) is 25.6. The van der Waals surface area contributed by atoms with Gasteiger partial charge in [-0.2, -0.15) is 0 Å². The summed E-state index contributed by atoms with van der Waals surface area (Å²) in [5.41, 5.74) is 1.32. The number of ether oxygens (including phenoxy) is 2. The molecule has 0 fully saturated rings. The highest BCUT2D eigenvalue weighted by atomic mass is 16.6. The van der Waals surface area contributed by atoms with Crippen LogP contribution in [0.25, 0.3) is 10.8 Å². The highest BCUT2D eigenvalue weighted by Gasteiger charge is 2.25. The van der Waals surface area contributed by atoms with Gasteiger partial charge >= 0.3 is 18.2 Å². The van der Waals surface area contributed by atoms with Gasteiger partial charge in [0.15, 0.2) is 0 Å². The summed E-state index contributed by atoms with van der Waals surface area (Å²) in [6.45, 7) is 5.38. The van der Waals surface area contributed by atoms with Gasteiger partial charge in [0, 0.05) is 18.9 Å². The van der Waals surface area contributed by atoms with Crippen molar-refractivity contribution in [1.29, 1.82) is 0 Å². The van der Waals surface area contributed by atoms with Crippen LogP contribution in [0.4, 0.5) is 15.3 Å². The van der Waals surface area contributed by atoms with Gasteiger partial charge in [0.1, 0.15) is 18.2 Å². The smallest absolute Gasteiger partial charge is 0.414 e. The lowest BCUT2D eigenvalue weighted by Crippen LogP contribution is -2.42. The van der Waals surface area contributed by atoms with Crippen LogP contribution in [0.1, 0.15) is 31.9 Å². The Kier molecular flexibility index (Phi) is 7.96. The standard InChI is InChI=1S/C27H30N2O6/c1-27(2,3)35-26(33)29(4)23-16-19(14-20-12-8-9-13-21(20)23)15-22(24(30)31)28-25(32)34-17-18-10-6-5-7-11-18/h5-14,16,22H,15,17H2,1-4H3,(H,28,32)(H,30,31)/t22-/m0/s1. The molecule has 35 heavy (non-hydrogen) atoms. The maximum atomic E-state index is 12.7. The minimum absolute atomic E-state index is 0.00420. The van der Waals surface area contributed by atoms with E-state index >= 15 is 0 Å². The van der Waals surface area contributed by atoms with Gasteiger partial charge in [-0.05, 0) is 43.4 Å². The summed E-state index contributed by atoms with van der Waals surface area (Å²) in [6, 6.07) is 18.9. The molecule has 0 saturated heterocycles. The summed E-state index contributed by atoms with van der Waals surface area (Å²) >= 11 is 0. The van der Waals surface area contributed by atoms with E-state index in [2.05, 4.69) is 5.32 Å². The highest BCUT2D eigenvalue weighted by Crippen LogP contribution is 2.30. The van der Waals surface area contributed by atoms with E-state index in [0.717, 1.165) is 16.3 Å². The molecule has 2 amide bonds. The molecule has 3 aromatic carbocycles. The van der Waals surface area contributed by atoms with Crippen LogP contribution in [-0.2, 0) is 27.3 Å². The molecule has 8 heteroatoms. The number of carboxylic acid groups (broad SMARTS) is 1. The first-order valence-corrected chi connectivity index (χ1v) is 11.2. The number of alkyl carbamates (subject to hydrolysis) is 1. The predicted molar refractivity (Wildman–Crippen MR) is 133 cm³/mol. The molecule has 2 N–H and O–H groups in total. The second-order valence-electron chi connectivity index (χ2n) is 9.18. The molecule has 0 unspecified atom stereocenters. The van der Waals surface area contributed by atoms with Crippen molar-refractivity contribution in [2.45, 2.75) is 45.4 Å². The Morgan fingerprint density at radius 2 is 1.63 bits per heavy atom. The third kappa shape index (κ3) is 7.20. The summed E-state index contributed by atoms with van der Waals surface area (Å²) < 4.78 is 10.7. The molecule has 3 rings (SSSR count). The summed E-state index contributed by atoms with van der Waals surface area (Å²) in [6.07, 6.45) is -1.36. The number of carboxylic acids is 1. The normalized spacial score (nSPS) is 12.0. The van der Waals surface area contributed by atoms with Crippen LogP contribution in [-0.4, -0.2) is 42.0 Å². The van der Waals surface area contributed by atoms with E-state index in [-0.39, 0.29) is 13.0 Å². The Hall–Kier alpha value is -4.07. The third-order valence-electron chi connectivity index (χ3n) is 5.17. The fourth-order valence-electron chi connectivity index (χ4n) is 3.52. The number of nitrogens with one attached hydrogen (secondary N) is 1. The third-order valence-corrected chi connectivity index (χ3v) is 5.17. The molecular weight excluding hydrogens is 448 g/mol. The highest BCUT2D eigenvalue weighted by molar-refractivity contribution is 6.02. The molecule has 184 valence electrons. The number of fused-ring (bicyclic) bond motifs is 1.